The van der Waals surface area contributed by atoms with E-state index in [1.165, 1.54) is 0 Å². The van der Waals surface area contributed by atoms with Gasteiger partial charge in [0.15, 0.2) is 0 Å². The number of carbonyl (C=O) groups excluding carboxylic acids is 1. The van der Waals surface area contributed by atoms with Gasteiger partial charge < -0.3 is 5.32 Å². The van der Waals surface area contributed by atoms with Crippen molar-refractivity contribution in [3.63, 3.8) is 0 Å². The van der Waals surface area contributed by atoms with Crippen molar-refractivity contribution in [2.45, 2.75) is 50.8 Å². The van der Waals surface area contributed by atoms with Crippen LogP contribution in [-0.2, 0) is 4.79 Å². The van der Waals surface area contributed by atoms with E-state index < -0.39 is 0 Å². The molecule has 1 rings (SSSR count). The van der Waals surface area contributed by atoms with Crippen LogP contribution in [0.5, 0.6) is 0 Å². The largest absolute Gasteiger partial charge is 0.352 e. The van der Waals surface area contributed by atoms with Gasteiger partial charge in [-0.3, -0.25) is 4.79 Å². The maximum Gasteiger partial charge on any atom is 0.233 e. The first kappa shape index (κ1) is 15.1. The Morgan fingerprint density at radius 2 is 1.72 bits per heavy atom. The Morgan fingerprint density at radius 3 is 2.22 bits per heavy atom. The van der Waals surface area contributed by atoms with E-state index in [0.29, 0.717) is 0 Å². The third-order valence-electron chi connectivity index (χ3n) is 3.08. The van der Waals surface area contributed by atoms with Crippen molar-refractivity contribution < 1.29 is 4.79 Å². The summed E-state index contributed by atoms with van der Waals surface area (Å²) in [5, 5.41) is 3.01. The number of amides is 1. The van der Waals surface area contributed by atoms with E-state index in [-0.39, 0.29) is 22.6 Å². The number of thioether (sulfide) groups is 1. The molecule has 1 N–H and O–H groups in total. The maximum atomic E-state index is 12.1. The summed E-state index contributed by atoms with van der Waals surface area (Å²) in [5.74, 6) is 0.103. The highest BCUT2D eigenvalue weighted by molar-refractivity contribution is 8.00. The third kappa shape index (κ3) is 4.73. The first-order valence-corrected chi connectivity index (χ1v) is 7.21. The topological polar surface area (TPSA) is 29.1 Å². The molecule has 0 saturated carbocycles. The van der Waals surface area contributed by atoms with E-state index in [4.69, 9.17) is 0 Å². The Labute approximate surface area is 115 Å². The molecule has 0 fully saturated rings. The molecule has 0 aliphatic heterocycles. The van der Waals surface area contributed by atoms with Gasteiger partial charge in [0.1, 0.15) is 0 Å². The molecule has 0 aromatic heterocycles. The normalized spacial score (nSPS) is 14.9. The average Bonchev–Trinajstić information content (AvgIpc) is 2.28. The lowest BCUT2D eigenvalue weighted by atomic mass is 9.88. The fraction of sp³-hybridized carbons (Fsp3) is 0.533. The molecule has 0 aliphatic rings. The number of hydrogen-bond acceptors (Lipinski definition) is 2. The van der Waals surface area contributed by atoms with E-state index in [9.17, 15) is 4.79 Å². The fourth-order valence-electron chi connectivity index (χ4n) is 1.30. The Morgan fingerprint density at radius 1 is 1.17 bits per heavy atom. The van der Waals surface area contributed by atoms with Gasteiger partial charge in [-0.2, -0.15) is 0 Å². The van der Waals surface area contributed by atoms with Crippen molar-refractivity contribution >= 4 is 17.7 Å². The van der Waals surface area contributed by atoms with Crippen LogP contribution in [0, 0.1) is 5.41 Å². The van der Waals surface area contributed by atoms with Crippen LogP contribution in [0.15, 0.2) is 35.2 Å². The van der Waals surface area contributed by atoms with E-state index in [1.807, 2.05) is 37.3 Å². The molecule has 1 aromatic carbocycles. The van der Waals surface area contributed by atoms with Crippen LogP contribution in [0.4, 0.5) is 0 Å². The van der Waals surface area contributed by atoms with Crippen molar-refractivity contribution in [2.75, 3.05) is 0 Å². The van der Waals surface area contributed by atoms with E-state index in [1.54, 1.807) is 11.8 Å². The Bertz CT molecular complexity index is 383. The molecule has 2 atom stereocenters. The minimum absolute atomic E-state index is 0.0720. The third-order valence-corrected chi connectivity index (χ3v) is 4.20. The van der Waals surface area contributed by atoms with Gasteiger partial charge in [0.05, 0.1) is 5.25 Å². The van der Waals surface area contributed by atoms with Crippen molar-refractivity contribution in [1.82, 2.24) is 5.32 Å². The molecule has 1 unspecified atom stereocenters. The Balaban J connectivity index is 2.52. The van der Waals surface area contributed by atoms with Gasteiger partial charge in [-0.25, -0.2) is 0 Å². The molecule has 3 heteroatoms. The molecule has 18 heavy (non-hydrogen) atoms. The van der Waals surface area contributed by atoms with Gasteiger partial charge in [0.2, 0.25) is 5.91 Å². The Kier molecular flexibility index (Phi) is 5.27. The van der Waals surface area contributed by atoms with E-state index in [0.717, 1.165) is 4.90 Å². The summed E-state index contributed by atoms with van der Waals surface area (Å²) in [6.45, 7) is 10.4. The molecule has 2 nitrogen and oxygen atoms in total. The first-order valence-electron chi connectivity index (χ1n) is 6.33. The quantitative estimate of drug-likeness (QED) is 0.841. The van der Waals surface area contributed by atoms with Crippen LogP contribution in [0.1, 0.15) is 34.6 Å². The SMILES string of the molecule is CC(Sc1ccccc1)C(=O)N[C@H](C)C(C)(C)C. The lowest BCUT2D eigenvalue weighted by Gasteiger charge is -2.29. The standard InChI is InChI=1S/C15H23NOS/c1-11(18-13-9-7-6-8-10-13)14(17)16-12(2)15(3,4)5/h6-12H,1-5H3,(H,16,17)/t11?,12-/m1/s1. The predicted octanol–water partition coefficient (Wildman–Crippen LogP) is 3.72. The van der Waals surface area contributed by atoms with E-state index >= 15 is 0 Å². The first-order chi connectivity index (χ1) is 8.30. The zero-order valence-corrected chi connectivity index (χ0v) is 12.7. The molecule has 0 heterocycles. The summed E-state index contributed by atoms with van der Waals surface area (Å²) in [5.41, 5.74) is 0.0901. The molecule has 1 amide bonds. The van der Waals surface area contributed by atoms with Crippen molar-refractivity contribution in [1.29, 1.82) is 0 Å². The molecular formula is C15H23NOS. The van der Waals surface area contributed by atoms with Crippen LogP contribution < -0.4 is 5.32 Å². The fourth-order valence-corrected chi connectivity index (χ4v) is 2.20. The molecule has 0 bridgehead atoms. The van der Waals surface area contributed by atoms with Gasteiger partial charge in [0.25, 0.3) is 0 Å². The lowest BCUT2D eigenvalue weighted by Crippen LogP contribution is -2.44. The highest BCUT2D eigenvalue weighted by Crippen LogP contribution is 2.24. The van der Waals surface area contributed by atoms with E-state index in [2.05, 4.69) is 33.0 Å². The smallest absolute Gasteiger partial charge is 0.233 e. The van der Waals surface area contributed by atoms with Crippen molar-refractivity contribution in [2.24, 2.45) is 5.41 Å². The summed E-state index contributed by atoms with van der Waals surface area (Å²) in [4.78, 5) is 13.2. The number of rotatable bonds is 4. The summed E-state index contributed by atoms with van der Waals surface area (Å²) >= 11 is 1.59. The average molecular weight is 265 g/mol. The second-order valence-electron chi connectivity index (χ2n) is 5.67. The highest BCUT2D eigenvalue weighted by atomic mass is 32.2. The van der Waals surface area contributed by atoms with Gasteiger partial charge in [-0.15, -0.1) is 11.8 Å². The van der Waals surface area contributed by atoms with Crippen LogP contribution in [0.3, 0.4) is 0 Å². The van der Waals surface area contributed by atoms with Gasteiger partial charge in [0, 0.05) is 10.9 Å². The number of carbonyl (C=O) groups is 1. The van der Waals surface area contributed by atoms with Gasteiger partial charge in [-0.1, -0.05) is 39.0 Å². The Hall–Kier alpha value is -0.960. The minimum atomic E-state index is -0.0720. The summed E-state index contributed by atoms with van der Waals surface area (Å²) in [6.07, 6.45) is 0. The lowest BCUT2D eigenvalue weighted by molar-refractivity contribution is -0.121. The highest BCUT2D eigenvalue weighted by Gasteiger charge is 2.24. The summed E-state index contributed by atoms with van der Waals surface area (Å²) in [6, 6.07) is 10.2. The number of benzene rings is 1. The second kappa shape index (κ2) is 6.28. The van der Waals surface area contributed by atoms with Gasteiger partial charge in [-0.05, 0) is 31.4 Å². The maximum absolute atomic E-state index is 12.1. The predicted molar refractivity (Wildman–Crippen MR) is 78.8 cm³/mol. The second-order valence-corrected chi connectivity index (χ2v) is 7.08. The van der Waals surface area contributed by atoms with Crippen molar-refractivity contribution in [3.05, 3.63) is 30.3 Å². The van der Waals surface area contributed by atoms with Crippen LogP contribution in [0.2, 0.25) is 0 Å². The summed E-state index contributed by atoms with van der Waals surface area (Å²) < 4.78 is 0. The molecule has 0 spiro atoms. The monoisotopic (exact) mass is 265 g/mol. The molecule has 0 radical (unpaired) electrons. The molecule has 1 aromatic rings. The van der Waals surface area contributed by atoms with Crippen molar-refractivity contribution in [3.8, 4) is 0 Å². The van der Waals surface area contributed by atoms with Crippen LogP contribution in [-0.4, -0.2) is 17.2 Å². The van der Waals surface area contributed by atoms with Crippen LogP contribution in [0.25, 0.3) is 0 Å². The zero-order valence-electron chi connectivity index (χ0n) is 11.9. The van der Waals surface area contributed by atoms with Gasteiger partial charge >= 0.3 is 0 Å². The molecule has 0 saturated heterocycles. The zero-order chi connectivity index (χ0) is 13.8. The minimum Gasteiger partial charge on any atom is -0.352 e. The molecule has 100 valence electrons. The number of nitrogens with one attached hydrogen (secondary N) is 1. The molecule has 0 aliphatic carbocycles. The molecular weight excluding hydrogens is 242 g/mol. The van der Waals surface area contributed by atoms with Crippen LogP contribution >= 0.6 is 11.8 Å². The summed E-state index contributed by atoms with van der Waals surface area (Å²) in [7, 11) is 0. The number of hydrogen-bond donors (Lipinski definition) is 1.